The average Bonchev–Trinajstić information content (AvgIpc) is 3.07. The van der Waals surface area contributed by atoms with E-state index < -0.39 is 0 Å². The molecular weight excluding hydrogens is 281 g/mol. The van der Waals surface area contributed by atoms with Gasteiger partial charge in [0.2, 0.25) is 0 Å². The Labute approximate surface area is 111 Å². The highest BCUT2D eigenvalue weighted by atomic mass is 79.9. The van der Waals surface area contributed by atoms with Crippen molar-refractivity contribution in [2.75, 3.05) is 6.54 Å². The molecule has 0 saturated heterocycles. The van der Waals surface area contributed by atoms with Crippen molar-refractivity contribution in [1.82, 2.24) is 5.32 Å². The van der Waals surface area contributed by atoms with Gasteiger partial charge in [-0.25, -0.2) is 4.39 Å². The standard InChI is InChI=1S/C14H19BrFN/c1-3-14(6-7-14)9-17-10(2)12-5-4-11(16)8-13(12)15/h4-5,8,10,17H,3,6-7,9H2,1-2H3. The minimum Gasteiger partial charge on any atom is -0.310 e. The number of rotatable bonds is 5. The molecular formula is C14H19BrFN. The van der Waals surface area contributed by atoms with Crippen LogP contribution in [-0.2, 0) is 0 Å². The van der Waals surface area contributed by atoms with E-state index in [1.807, 2.05) is 6.07 Å². The zero-order valence-corrected chi connectivity index (χ0v) is 12.0. The molecule has 0 heterocycles. The highest BCUT2D eigenvalue weighted by molar-refractivity contribution is 9.10. The Hall–Kier alpha value is -0.410. The molecule has 0 amide bonds. The van der Waals surface area contributed by atoms with Crippen LogP contribution in [-0.4, -0.2) is 6.54 Å². The largest absolute Gasteiger partial charge is 0.310 e. The van der Waals surface area contributed by atoms with E-state index >= 15 is 0 Å². The van der Waals surface area contributed by atoms with Gasteiger partial charge in [-0.15, -0.1) is 0 Å². The average molecular weight is 300 g/mol. The molecule has 1 N–H and O–H groups in total. The molecule has 1 fully saturated rings. The maximum absolute atomic E-state index is 13.0. The van der Waals surface area contributed by atoms with Gasteiger partial charge < -0.3 is 5.32 Å². The predicted octanol–water partition coefficient (Wildman–Crippen LogP) is 4.43. The lowest BCUT2D eigenvalue weighted by molar-refractivity contribution is 0.414. The summed E-state index contributed by atoms with van der Waals surface area (Å²) >= 11 is 3.42. The highest BCUT2D eigenvalue weighted by Gasteiger charge is 2.40. The number of benzene rings is 1. The van der Waals surface area contributed by atoms with Crippen LogP contribution in [0, 0.1) is 11.2 Å². The van der Waals surface area contributed by atoms with Crippen molar-refractivity contribution in [2.45, 2.75) is 39.2 Å². The molecule has 1 unspecified atom stereocenters. The van der Waals surface area contributed by atoms with E-state index in [2.05, 4.69) is 35.1 Å². The molecule has 17 heavy (non-hydrogen) atoms. The van der Waals surface area contributed by atoms with Gasteiger partial charge in [-0.2, -0.15) is 0 Å². The first-order valence-corrected chi connectivity index (χ1v) is 7.04. The van der Waals surface area contributed by atoms with Gasteiger partial charge in [0.15, 0.2) is 0 Å². The third-order valence-corrected chi connectivity index (χ3v) is 4.61. The summed E-state index contributed by atoms with van der Waals surface area (Å²) in [5, 5.41) is 3.56. The molecule has 1 aliphatic rings. The third-order valence-electron chi connectivity index (χ3n) is 3.92. The zero-order valence-electron chi connectivity index (χ0n) is 10.4. The van der Waals surface area contributed by atoms with E-state index in [1.54, 1.807) is 0 Å². The fourth-order valence-corrected chi connectivity index (χ4v) is 2.86. The van der Waals surface area contributed by atoms with Crippen LogP contribution < -0.4 is 5.32 Å². The normalized spacial score (nSPS) is 19.1. The lowest BCUT2D eigenvalue weighted by Crippen LogP contribution is -2.26. The summed E-state index contributed by atoms with van der Waals surface area (Å²) in [4.78, 5) is 0. The van der Waals surface area contributed by atoms with Gasteiger partial charge in [0.25, 0.3) is 0 Å². The van der Waals surface area contributed by atoms with Crippen LogP contribution in [0.5, 0.6) is 0 Å². The third kappa shape index (κ3) is 3.08. The first-order chi connectivity index (χ1) is 8.06. The van der Waals surface area contributed by atoms with E-state index in [9.17, 15) is 4.39 Å². The molecule has 0 radical (unpaired) electrons. The number of nitrogens with one attached hydrogen (secondary N) is 1. The maximum atomic E-state index is 13.0. The number of hydrogen-bond donors (Lipinski definition) is 1. The van der Waals surface area contributed by atoms with Gasteiger partial charge >= 0.3 is 0 Å². The number of hydrogen-bond acceptors (Lipinski definition) is 1. The van der Waals surface area contributed by atoms with Crippen LogP contribution in [0.3, 0.4) is 0 Å². The molecule has 2 rings (SSSR count). The second kappa shape index (κ2) is 5.07. The molecule has 0 aromatic heterocycles. The van der Waals surface area contributed by atoms with E-state index in [0.29, 0.717) is 5.41 Å². The molecule has 1 nitrogen and oxygen atoms in total. The molecule has 0 bridgehead atoms. The van der Waals surface area contributed by atoms with Crippen LogP contribution in [0.15, 0.2) is 22.7 Å². The fourth-order valence-electron chi connectivity index (χ4n) is 2.16. The molecule has 1 aliphatic carbocycles. The Kier molecular flexibility index (Phi) is 3.88. The van der Waals surface area contributed by atoms with Gasteiger partial charge in [0.1, 0.15) is 5.82 Å². The maximum Gasteiger partial charge on any atom is 0.124 e. The first-order valence-electron chi connectivity index (χ1n) is 6.25. The molecule has 1 aromatic rings. The molecule has 3 heteroatoms. The Morgan fingerprint density at radius 2 is 2.18 bits per heavy atom. The zero-order chi connectivity index (χ0) is 12.5. The molecule has 0 aliphatic heterocycles. The van der Waals surface area contributed by atoms with Crippen molar-refractivity contribution in [2.24, 2.45) is 5.41 Å². The van der Waals surface area contributed by atoms with E-state index in [-0.39, 0.29) is 11.9 Å². The Balaban J connectivity index is 1.97. The summed E-state index contributed by atoms with van der Waals surface area (Å²) < 4.78 is 13.8. The highest BCUT2D eigenvalue weighted by Crippen LogP contribution is 2.48. The smallest absolute Gasteiger partial charge is 0.124 e. The van der Waals surface area contributed by atoms with Crippen LogP contribution in [0.1, 0.15) is 44.7 Å². The monoisotopic (exact) mass is 299 g/mol. The van der Waals surface area contributed by atoms with Gasteiger partial charge in [0, 0.05) is 17.1 Å². The lowest BCUT2D eigenvalue weighted by Gasteiger charge is -2.20. The van der Waals surface area contributed by atoms with Crippen molar-refractivity contribution in [1.29, 1.82) is 0 Å². The van der Waals surface area contributed by atoms with Gasteiger partial charge in [-0.1, -0.05) is 28.9 Å². The van der Waals surface area contributed by atoms with Crippen molar-refractivity contribution in [3.63, 3.8) is 0 Å². The molecule has 1 saturated carbocycles. The summed E-state index contributed by atoms with van der Waals surface area (Å²) in [5.41, 5.74) is 1.67. The Morgan fingerprint density at radius 1 is 1.47 bits per heavy atom. The van der Waals surface area contributed by atoms with Gasteiger partial charge in [0.05, 0.1) is 0 Å². The topological polar surface area (TPSA) is 12.0 Å². The second-order valence-corrected chi connectivity index (χ2v) is 5.98. The van der Waals surface area contributed by atoms with Crippen LogP contribution in [0.4, 0.5) is 4.39 Å². The minimum absolute atomic E-state index is 0.194. The predicted molar refractivity (Wildman–Crippen MR) is 72.5 cm³/mol. The summed E-state index contributed by atoms with van der Waals surface area (Å²) in [7, 11) is 0. The van der Waals surface area contributed by atoms with Crippen molar-refractivity contribution < 1.29 is 4.39 Å². The summed E-state index contributed by atoms with van der Waals surface area (Å²) in [6.07, 6.45) is 3.93. The molecule has 0 spiro atoms. The fraction of sp³-hybridized carbons (Fsp3) is 0.571. The van der Waals surface area contributed by atoms with Crippen molar-refractivity contribution >= 4 is 15.9 Å². The Morgan fingerprint density at radius 3 is 2.71 bits per heavy atom. The van der Waals surface area contributed by atoms with E-state index in [4.69, 9.17) is 0 Å². The van der Waals surface area contributed by atoms with Crippen LogP contribution >= 0.6 is 15.9 Å². The summed E-state index contributed by atoms with van der Waals surface area (Å²) in [5.74, 6) is -0.194. The van der Waals surface area contributed by atoms with Crippen LogP contribution in [0.2, 0.25) is 0 Å². The summed E-state index contributed by atoms with van der Waals surface area (Å²) in [6.45, 7) is 5.45. The second-order valence-electron chi connectivity index (χ2n) is 5.12. The minimum atomic E-state index is -0.194. The number of halogens is 2. The van der Waals surface area contributed by atoms with E-state index in [0.717, 1.165) is 16.6 Å². The Bertz CT molecular complexity index is 401. The molecule has 1 atom stereocenters. The van der Waals surface area contributed by atoms with Gasteiger partial charge in [-0.3, -0.25) is 0 Å². The quantitative estimate of drug-likeness (QED) is 0.848. The van der Waals surface area contributed by atoms with E-state index in [1.165, 1.54) is 31.4 Å². The van der Waals surface area contributed by atoms with Crippen molar-refractivity contribution in [3.8, 4) is 0 Å². The SMILES string of the molecule is CCC1(CNC(C)c2ccc(F)cc2Br)CC1. The molecule has 1 aromatic carbocycles. The lowest BCUT2D eigenvalue weighted by atomic mass is 10.0. The van der Waals surface area contributed by atoms with Crippen molar-refractivity contribution in [3.05, 3.63) is 34.1 Å². The summed E-state index contributed by atoms with van der Waals surface area (Å²) in [6, 6.07) is 5.15. The first kappa shape index (κ1) is 13.0. The molecule has 94 valence electrons. The van der Waals surface area contributed by atoms with Gasteiger partial charge in [-0.05, 0) is 49.3 Å². The van der Waals surface area contributed by atoms with Crippen LogP contribution in [0.25, 0.3) is 0 Å².